The van der Waals surface area contributed by atoms with Crippen molar-refractivity contribution in [2.24, 2.45) is 5.73 Å². The zero-order chi connectivity index (χ0) is 15.2. The largest absolute Gasteiger partial charge is 0.352 e. The van der Waals surface area contributed by atoms with Gasteiger partial charge in [0.2, 0.25) is 5.91 Å². The number of nitrogens with one attached hydrogen (secondary N) is 2. The number of carbonyl (C=O) groups excluding carboxylic acids is 2. The molecule has 0 unspecified atom stereocenters. The Kier molecular flexibility index (Phi) is 5.70. The first-order chi connectivity index (χ1) is 9.31. The van der Waals surface area contributed by atoms with Crippen molar-refractivity contribution in [1.82, 2.24) is 10.6 Å². The topological polar surface area (TPSA) is 84.2 Å². The summed E-state index contributed by atoms with van der Waals surface area (Å²) in [5.41, 5.74) is 6.74. The summed E-state index contributed by atoms with van der Waals surface area (Å²) in [6, 6.07) is 7.14. The quantitative estimate of drug-likeness (QED) is 0.755. The summed E-state index contributed by atoms with van der Waals surface area (Å²) in [6.45, 7) is 6.47. The highest BCUT2D eigenvalue weighted by Gasteiger charge is 2.13. The van der Waals surface area contributed by atoms with Crippen molar-refractivity contribution in [2.75, 3.05) is 6.54 Å². The SMILES string of the molecule is CC(C)(C)NC(=O)CCNC(=O)c1cccc(CN)c1. The van der Waals surface area contributed by atoms with Crippen LogP contribution >= 0.6 is 0 Å². The molecule has 0 aromatic heterocycles. The zero-order valence-corrected chi connectivity index (χ0v) is 12.3. The Labute approximate surface area is 119 Å². The maximum Gasteiger partial charge on any atom is 0.251 e. The molecule has 110 valence electrons. The minimum Gasteiger partial charge on any atom is -0.352 e. The van der Waals surface area contributed by atoms with Gasteiger partial charge in [-0.3, -0.25) is 9.59 Å². The molecule has 1 aromatic carbocycles. The smallest absolute Gasteiger partial charge is 0.251 e. The van der Waals surface area contributed by atoms with Crippen LogP contribution in [0.25, 0.3) is 0 Å². The van der Waals surface area contributed by atoms with Crippen LogP contribution in [0.15, 0.2) is 24.3 Å². The molecule has 0 aliphatic carbocycles. The summed E-state index contributed by atoms with van der Waals surface area (Å²) >= 11 is 0. The number of benzene rings is 1. The second-order valence-electron chi connectivity index (χ2n) is 5.71. The number of hydrogen-bond acceptors (Lipinski definition) is 3. The van der Waals surface area contributed by atoms with Crippen molar-refractivity contribution in [1.29, 1.82) is 0 Å². The lowest BCUT2D eigenvalue weighted by molar-refractivity contribution is -0.122. The lowest BCUT2D eigenvalue weighted by Crippen LogP contribution is -2.42. The zero-order valence-electron chi connectivity index (χ0n) is 12.3. The Morgan fingerprint density at radius 3 is 2.55 bits per heavy atom. The van der Waals surface area contributed by atoms with Crippen LogP contribution in [0.3, 0.4) is 0 Å². The fraction of sp³-hybridized carbons (Fsp3) is 0.467. The molecule has 0 radical (unpaired) electrons. The van der Waals surface area contributed by atoms with Crippen LogP contribution in [0.4, 0.5) is 0 Å². The molecule has 0 aliphatic heterocycles. The Balaban J connectivity index is 2.42. The number of amides is 2. The van der Waals surface area contributed by atoms with Crippen molar-refractivity contribution in [2.45, 2.75) is 39.3 Å². The Morgan fingerprint density at radius 2 is 1.95 bits per heavy atom. The molecule has 0 saturated heterocycles. The normalized spacial score (nSPS) is 11.0. The first kappa shape index (κ1) is 16.2. The van der Waals surface area contributed by atoms with Crippen molar-refractivity contribution < 1.29 is 9.59 Å². The Morgan fingerprint density at radius 1 is 1.25 bits per heavy atom. The summed E-state index contributed by atoms with van der Waals surface area (Å²) in [5, 5.41) is 5.57. The van der Waals surface area contributed by atoms with Gasteiger partial charge in [-0.05, 0) is 38.5 Å². The molecule has 0 saturated carbocycles. The molecule has 0 heterocycles. The number of carbonyl (C=O) groups is 2. The maximum absolute atomic E-state index is 11.9. The highest BCUT2D eigenvalue weighted by atomic mass is 16.2. The third-order valence-electron chi connectivity index (χ3n) is 2.58. The molecule has 20 heavy (non-hydrogen) atoms. The van der Waals surface area contributed by atoms with Gasteiger partial charge in [-0.2, -0.15) is 0 Å². The number of rotatable bonds is 5. The molecule has 5 nitrogen and oxygen atoms in total. The summed E-state index contributed by atoms with van der Waals surface area (Å²) < 4.78 is 0. The van der Waals surface area contributed by atoms with E-state index in [9.17, 15) is 9.59 Å². The predicted octanol–water partition coefficient (Wildman–Crippen LogP) is 1.18. The fourth-order valence-corrected chi connectivity index (χ4v) is 1.71. The van der Waals surface area contributed by atoms with E-state index in [0.29, 0.717) is 18.7 Å². The highest BCUT2D eigenvalue weighted by molar-refractivity contribution is 5.94. The first-order valence-electron chi connectivity index (χ1n) is 6.70. The molecule has 1 aromatic rings. The fourth-order valence-electron chi connectivity index (χ4n) is 1.71. The van der Waals surface area contributed by atoms with Gasteiger partial charge in [0.15, 0.2) is 0 Å². The monoisotopic (exact) mass is 277 g/mol. The summed E-state index contributed by atoms with van der Waals surface area (Å²) in [5.74, 6) is -0.266. The van der Waals surface area contributed by atoms with Crippen LogP contribution in [0.2, 0.25) is 0 Å². The second kappa shape index (κ2) is 7.05. The first-order valence-corrected chi connectivity index (χ1v) is 6.70. The van der Waals surface area contributed by atoms with Gasteiger partial charge >= 0.3 is 0 Å². The predicted molar refractivity (Wildman–Crippen MR) is 79.2 cm³/mol. The minimum atomic E-state index is -0.253. The molecule has 5 heteroatoms. The van der Waals surface area contributed by atoms with Crippen LogP contribution < -0.4 is 16.4 Å². The van der Waals surface area contributed by atoms with E-state index in [-0.39, 0.29) is 23.8 Å². The van der Waals surface area contributed by atoms with Crippen LogP contribution in [-0.2, 0) is 11.3 Å². The van der Waals surface area contributed by atoms with E-state index in [2.05, 4.69) is 10.6 Å². The van der Waals surface area contributed by atoms with E-state index in [0.717, 1.165) is 5.56 Å². The lowest BCUT2D eigenvalue weighted by atomic mass is 10.1. The molecule has 2 amide bonds. The van der Waals surface area contributed by atoms with Gasteiger partial charge in [0, 0.05) is 30.6 Å². The molecule has 0 bridgehead atoms. The number of nitrogens with two attached hydrogens (primary N) is 1. The van der Waals surface area contributed by atoms with Crippen molar-refractivity contribution in [3.05, 3.63) is 35.4 Å². The van der Waals surface area contributed by atoms with Gasteiger partial charge in [-0.1, -0.05) is 12.1 Å². The Hall–Kier alpha value is -1.88. The maximum atomic E-state index is 11.9. The van der Waals surface area contributed by atoms with Crippen molar-refractivity contribution in [3.8, 4) is 0 Å². The van der Waals surface area contributed by atoms with Crippen LogP contribution in [0, 0.1) is 0 Å². The van der Waals surface area contributed by atoms with Gasteiger partial charge in [0.05, 0.1) is 0 Å². The summed E-state index contributed by atoms with van der Waals surface area (Å²) in [4.78, 5) is 23.5. The highest BCUT2D eigenvalue weighted by Crippen LogP contribution is 2.04. The van der Waals surface area contributed by atoms with Gasteiger partial charge in [0.1, 0.15) is 0 Å². The van der Waals surface area contributed by atoms with E-state index in [1.807, 2.05) is 26.8 Å². The second-order valence-corrected chi connectivity index (χ2v) is 5.71. The van der Waals surface area contributed by atoms with Gasteiger partial charge in [0.25, 0.3) is 5.91 Å². The van der Waals surface area contributed by atoms with Crippen LogP contribution in [-0.4, -0.2) is 23.9 Å². The molecule has 0 spiro atoms. The van der Waals surface area contributed by atoms with E-state index >= 15 is 0 Å². The van der Waals surface area contributed by atoms with Crippen molar-refractivity contribution in [3.63, 3.8) is 0 Å². The van der Waals surface area contributed by atoms with E-state index in [1.54, 1.807) is 18.2 Å². The van der Waals surface area contributed by atoms with Crippen LogP contribution in [0.1, 0.15) is 43.1 Å². The van der Waals surface area contributed by atoms with Crippen molar-refractivity contribution >= 4 is 11.8 Å². The standard InChI is InChI=1S/C15H23N3O2/c1-15(2,3)18-13(19)7-8-17-14(20)12-6-4-5-11(9-12)10-16/h4-6,9H,7-8,10,16H2,1-3H3,(H,17,20)(H,18,19). The van der Waals surface area contributed by atoms with E-state index < -0.39 is 0 Å². The lowest BCUT2D eigenvalue weighted by Gasteiger charge is -2.20. The molecule has 1 rings (SSSR count). The molecular formula is C15H23N3O2. The number of hydrogen-bond donors (Lipinski definition) is 3. The minimum absolute atomic E-state index is 0.0755. The van der Waals surface area contributed by atoms with Crippen LogP contribution in [0.5, 0.6) is 0 Å². The molecular weight excluding hydrogens is 254 g/mol. The average Bonchev–Trinajstić information content (AvgIpc) is 2.36. The van der Waals surface area contributed by atoms with Gasteiger partial charge in [-0.15, -0.1) is 0 Å². The molecule has 4 N–H and O–H groups in total. The summed E-state index contributed by atoms with van der Waals surface area (Å²) in [7, 11) is 0. The van der Waals surface area contributed by atoms with E-state index in [1.165, 1.54) is 0 Å². The Bertz CT molecular complexity index is 478. The third-order valence-corrected chi connectivity index (χ3v) is 2.58. The third kappa shape index (κ3) is 5.84. The van der Waals surface area contributed by atoms with Gasteiger partial charge in [-0.25, -0.2) is 0 Å². The van der Waals surface area contributed by atoms with E-state index in [4.69, 9.17) is 5.73 Å². The van der Waals surface area contributed by atoms with Gasteiger partial charge < -0.3 is 16.4 Å². The average molecular weight is 277 g/mol. The molecule has 0 atom stereocenters. The molecule has 0 aliphatic rings. The summed E-state index contributed by atoms with van der Waals surface area (Å²) in [6.07, 6.45) is 0.263. The molecule has 0 fully saturated rings.